The number of fused-ring (bicyclic) bond motifs is 2. The van der Waals surface area contributed by atoms with Crippen LogP contribution < -0.4 is 10.1 Å². The Hall–Kier alpha value is -3.90. The Kier molecular flexibility index (Phi) is 8.60. The zero-order chi connectivity index (χ0) is 29.1. The topological polar surface area (TPSA) is 61.9 Å². The van der Waals surface area contributed by atoms with E-state index in [0.717, 1.165) is 47.0 Å². The molecular weight excluding hydrogens is 510 g/mol. The highest BCUT2D eigenvalue weighted by atomic mass is 16.5. The molecule has 1 aliphatic carbocycles. The maximum atomic E-state index is 14.2. The number of para-hydroxylation sites is 1. The molecule has 0 fully saturated rings. The van der Waals surface area contributed by atoms with E-state index in [1.807, 2.05) is 65.6 Å². The normalized spacial score (nSPS) is 18.0. The molecule has 1 aliphatic heterocycles. The maximum absolute atomic E-state index is 14.2. The van der Waals surface area contributed by atoms with Crippen molar-refractivity contribution < 1.29 is 14.3 Å². The average molecular weight is 552 g/mol. The van der Waals surface area contributed by atoms with Crippen LogP contribution in [0.25, 0.3) is 0 Å². The number of amides is 1. The minimum absolute atomic E-state index is 0.0162. The Morgan fingerprint density at radius 3 is 2.41 bits per heavy atom. The molecule has 0 saturated heterocycles. The second kappa shape index (κ2) is 12.3. The molecule has 5 rings (SSSR count). The molecule has 2 unspecified atom stereocenters. The van der Waals surface area contributed by atoms with E-state index in [-0.39, 0.29) is 24.2 Å². The number of carbonyl (C=O) groups excluding carboxylic acids is 2. The molecule has 3 aromatic carbocycles. The number of nitrogens with one attached hydrogen (secondary N) is 1. The van der Waals surface area contributed by atoms with Crippen LogP contribution in [-0.4, -0.2) is 53.2 Å². The fourth-order valence-corrected chi connectivity index (χ4v) is 6.34. The highest BCUT2D eigenvalue weighted by Crippen LogP contribution is 2.41. The first-order chi connectivity index (χ1) is 19.7. The highest BCUT2D eigenvalue weighted by Gasteiger charge is 2.41. The van der Waals surface area contributed by atoms with Gasteiger partial charge >= 0.3 is 0 Å². The number of ketones is 1. The van der Waals surface area contributed by atoms with Crippen molar-refractivity contribution in [1.29, 1.82) is 0 Å². The molecule has 6 nitrogen and oxygen atoms in total. The van der Waals surface area contributed by atoms with Gasteiger partial charge in [-0.1, -0.05) is 55.1 Å². The van der Waals surface area contributed by atoms with E-state index in [0.29, 0.717) is 30.6 Å². The first kappa shape index (κ1) is 28.6. The first-order valence-corrected chi connectivity index (χ1v) is 14.7. The van der Waals surface area contributed by atoms with Crippen LogP contribution in [-0.2, 0) is 11.2 Å². The van der Waals surface area contributed by atoms with Crippen LogP contribution in [0, 0.1) is 0 Å². The summed E-state index contributed by atoms with van der Waals surface area (Å²) < 4.78 is 6.12. The van der Waals surface area contributed by atoms with Crippen LogP contribution in [0.2, 0.25) is 0 Å². The highest BCUT2D eigenvalue weighted by molar-refractivity contribution is 6.06. The minimum Gasteiger partial charge on any atom is -0.457 e. The van der Waals surface area contributed by atoms with E-state index in [1.54, 1.807) is 0 Å². The van der Waals surface area contributed by atoms with Crippen molar-refractivity contribution in [2.45, 2.75) is 64.6 Å². The molecule has 41 heavy (non-hydrogen) atoms. The smallest absolute Gasteiger partial charge is 0.231 e. The van der Waals surface area contributed by atoms with E-state index >= 15 is 0 Å². The number of hydrogen-bond acceptors (Lipinski definition) is 5. The van der Waals surface area contributed by atoms with Crippen molar-refractivity contribution in [3.8, 4) is 11.5 Å². The molecule has 0 radical (unpaired) electrons. The van der Waals surface area contributed by atoms with Crippen molar-refractivity contribution in [3.63, 3.8) is 0 Å². The largest absolute Gasteiger partial charge is 0.457 e. The van der Waals surface area contributed by atoms with Gasteiger partial charge in [0.15, 0.2) is 5.78 Å². The van der Waals surface area contributed by atoms with Crippen LogP contribution in [0.4, 0.5) is 0 Å². The predicted molar refractivity (Wildman–Crippen MR) is 163 cm³/mol. The molecule has 1 amide bonds. The lowest BCUT2D eigenvalue weighted by molar-refractivity contribution is -0.135. The molecule has 0 saturated carbocycles. The van der Waals surface area contributed by atoms with E-state index in [1.165, 1.54) is 0 Å². The molecular formula is C35H41N3O3. The predicted octanol–water partition coefficient (Wildman–Crippen LogP) is 6.50. The van der Waals surface area contributed by atoms with Crippen molar-refractivity contribution in [1.82, 2.24) is 15.1 Å². The maximum Gasteiger partial charge on any atom is 0.231 e. The third-order valence-electron chi connectivity index (χ3n) is 8.31. The molecule has 0 bridgehead atoms. The molecule has 6 heteroatoms. The molecule has 1 N–H and O–H groups in total. The fraction of sp³-hybridized carbons (Fsp3) is 0.371. The van der Waals surface area contributed by atoms with E-state index in [4.69, 9.17) is 4.74 Å². The lowest BCUT2D eigenvalue weighted by Crippen LogP contribution is -2.46. The van der Waals surface area contributed by atoms with Gasteiger partial charge in [0.1, 0.15) is 11.5 Å². The second-order valence-electron chi connectivity index (χ2n) is 11.6. The Labute approximate surface area is 244 Å². The minimum atomic E-state index is -0.464. The monoisotopic (exact) mass is 551 g/mol. The van der Waals surface area contributed by atoms with Crippen LogP contribution in [0.1, 0.15) is 73.1 Å². The Morgan fingerprint density at radius 1 is 0.976 bits per heavy atom. The summed E-state index contributed by atoms with van der Waals surface area (Å²) >= 11 is 0. The van der Waals surface area contributed by atoms with Gasteiger partial charge in [0.25, 0.3) is 0 Å². The summed E-state index contributed by atoms with van der Waals surface area (Å²) in [5.41, 5.74) is 4.48. The zero-order valence-electron chi connectivity index (χ0n) is 24.6. The van der Waals surface area contributed by atoms with Crippen LogP contribution in [0.15, 0.2) is 85.1 Å². The number of ether oxygens (including phenoxy) is 1. The van der Waals surface area contributed by atoms with Crippen LogP contribution >= 0.6 is 0 Å². The van der Waals surface area contributed by atoms with Crippen molar-refractivity contribution in [2.24, 2.45) is 0 Å². The summed E-state index contributed by atoms with van der Waals surface area (Å²) in [5.74, 6) is 1.11. The van der Waals surface area contributed by atoms with Crippen molar-refractivity contribution >= 4 is 11.7 Å². The molecule has 1 heterocycles. The van der Waals surface area contributed by atoms with Gasteiger partial charge in [-0.05, 0) is 75.1 Å². The summed E-state index contributed by atoms with van der Waals surface area (Å²) in [6.07, 6.45) is 0.920. The third-order valence-corrected chi connectivity index (χ3v) is 8.31. The Morgan fingerprint density at radius 2 is 1.68 bits per heavy atom. The number of hydrogen-bond donors (Lipinski definition) is 1. The van der Waals surface area contributed by atoms with Crippen molar-refractivity contribution in [2.75, 3.05) is 19.6 Å². The van der Waals surface area contributed by atoms with Crippen LogP contribution in [0.5, 0.6) is 11.5 Å². The van der Waals surface area contributed by atoms with Gasteiger partial charge in [-0.15, -0.1) is 0 Å². The number of benzene rings is 3. The number of Topliss-reactive ketones (excluding diaryl/α,β-unsaturated/α-hetero) is 1. The van der Waals surface area contributed by atoms with Gasteiger partial charge in [0.05, 0.1) is 12.0 Å². The zero-order valence-corrected chi connectivity index (χ0v) is 24.6. The lowest BCUT2D eigenvalue weighted by atomic mass is 9.88. The summed E-state index contributed by atoms with van der Waals surface area (Å²) in [6.45, 7) is 15.4. The Balaban J connectivity index is 1.42. The number of carbonyl (C=O) groups is 2. The van der Waals surface area contributed by atoms with Crippen LogP contribution in [0.3, 0.4) is 0 Å². The summed E-state index contributed by atoms with van der Waals surface area (Å²) in [7, 11) is 0. The third kappa shape index (κ3) is 6.08. The molecule has 2 aliphatic rings. The van der Waals surface area contributed by atoms with Gasteiger partial charge in [-0.25, -0.2) is 0 Å². The average Bonchev–Trinajstić information content (AvgIpc) is 3.30. The van der Waals surface area contributed by atoms with Gasteiger partial charge in [-0.2, -0.15) is 0 Å². The molecule has 0 spiro atoms. The summed E-state index contributed by atoms with van der Waals surface area (Å²) in [5, 5.41) is 3.56. The SMILES string of the molecule is C=C(NCCN(C(C)C)C(C)C)C1c2ccc(Oc3ccccc3)cc2CCN1C(=O)C1CC(=O)c2ccccc21. The molecule has 3 aromatic rings. The molecule has 214 valence electrons. The van der Waals surface area contributed by atoms with E-state index in [9.17, 15) is 9.59 Å². The molecule has 0 aromatic heterocycles. The van der Waals surface area contributed by atoms with E-state index < -0.39 is 5.92 Å². The quantitative estimate of drug-likeness (QED) is 0.312. The fourth-order valence-electron chi connectivity index (χ4n) is 6.34. The van der Waals surface area contributed by atoms with Gasteiger partial charge < -0.3 is 15.0 Å². The number of nitrogens with zero attached hydrogens (tertiary/aromatic N) is 2. The standard InChI is InChI=1S/C35H41N3O3/c1-23(2)37(24(3)4)20-18-36-25(5)34-29-16-15-28(41-27-11-7-6-8-12-27)21-26(29)17-19-38(34)35(40)32-22-33(39)31-14-10-9-13-30(31)32/h6-16,21,23-24,32,34,36H,5,17-20,22H2,1-4H3. The second-order valence-corrected chi connectivity index (χ2v) is 11.6. The molecule has 2 atom stereocenters. The van der Waals surface area contributed by atoms with Crippen molar-refractivity contribution in [3.05, 3.63) is 107 Å². The lowest BCUT2D eigenvalue weighted by Gasteiger charge is -2.40. The first-order valence-electron chi connectivity index (χ1n) is 14.7. The summed E-state index contributed by atoms with van der Waals surface area (Å²) in [4.78, 5) is 31.3. The number of rotatable bonds is 10. The van der Waals surface area contributed by atoms with Gasteiger partial charge in [0.2, 0.25) is 5.91 Å². The summed E-state index contributed by atoms with van der Waals surface area (Å²) in [6, 6.07) is 23.9. The Bertz CT molecular complexity index is 1410. The van der Waals surface area contributed by atoms with E-state index in [2.05, 4.69) is 56.6 Å². The van der Waals surface area contributed by atoms with Gasteiger partial charge in [0, 0.05) is 49.4 Å². The van der Waals surface area contributed by atoms with Gasteiger partial charge in [-0.3, -0.25) is 14.5 Å².